The van der Waals surface area contributed by atoms with Crippen LogP contribution in [-0.4, -0.2) is 19.6 Å². The molecule has 0 fully saturated rings. The van der Waals surface area contributed by atoms with Gasteiger partial charge >= 0.3 is 0 Å². The van der Waals surface area contributed by atoms with E-state index in [1.54, 1.807) is 59.3 Å². The standard InChI is InChI=1S/C21H16Cl2N4O2/c1-2-27-19-12(10-15(20(27)29)18-16(22)4-3-5-17(18)23)11-24-21(26-19)25-13-6-8-14(28)9-7-13/h3-11,28H,2H2,1H3,(H,24,25,26). The number of pyridine rings is 1. The summed E-state index contributed by atoms with van der Waals surface area (Å²) in [4.78, 5) is 22.0. The van der Waals surface area contributed by atoms with Crippen molar-refractivity contribution in [2.24, 2.45) is 0 Å². The van der Waals surface area contributed by atoms with E-state index in [2.05, 4.69) is 15.3 Å². The van der Waals surface area contributed by atoms with E-state index in [9.17, 15) is 9.90 Å². The van der Waals surface area contributed by atoms with Gasteiger partial charge in [-0.15, -0.1) is 0 Å². The summed E-state index contributed by atoms with van der Waals surface area (Å²) in [6, 6.07) is 13.4. The van der Waals surface area contributed by atoms with E-state index in [0.717, 1.165) is 0 Å². The Hall–Kier alpha value is -3.09. The quantitative estimate of drug-likeness (QED) is 0.436. The molecule has 0 spiro atoms. The zero-order chi connectivity index (χ0) is 20.5. The predicted molar refractivity (Wildman–Crippen MR) is 116 cm³/mol. The largest absolute Gasteiger partial charge is 0.508 e. The van der Waals surface area contributed by atoms with Gasteiger partial charge in [-0.05, 0) is 49.4 Å². The number of benzene rings is 2. The molecule has 0 saturated heterocycles. The molecule has 0 saturated carbocycles. The van der Waals surface area contributed by atoms with Crippen molar-refractivity contribution in [3.8, 4) is 16.9 Å². The molecule has 2 aromatic carbocycles. The van der Waals surface area contributed by atoms with Crippen molar-refractivity contribution >= 4 is 45.9 Å². The Labute approximate surface area is 176 Å². The first-order chi connectivity index (χ1) is 14.0. The van der Waals surface area contributed by atoms with Crippen LogP contribution >= 0.6 is 23.2 Å². The third-order valence-corrected chi connectivity index (χ3v) is 5.13. The number of phenols is 1. The first-order valence-electron chi connectivity index (χ1n) is 8.89. The summed E-state index contributed by atoms with van der Waals surface area (Å²) in [5.74, 6) is 0.508. The van der Waals surface area contributed by atoms with Crippen LogP contribution in [0.15, 0.2) is 59.5 Å². The lowest BCUT2D eigenvalue weighted by atomic mass is 10.1. The molecule has 29 heavy (non-hydrogen) atoms. The highest BCUT2D eigenvalue weighted by molar-refractivity contribution is 6.39. The zero-order valence-corrected chi connectivity index (χ0v) is 16.9. The summed E-state index contributed by atoms with van der Waals surface area (Å²) >= 11 is 12.6. The van der Waals surface area contributed by atoms with E-state index < -0.39 is 0 Å². The van der Waals surface area contributed by atoms with Crippen LogP contribution in [0.25, 0.3) is 22.2 Å². The van der Waals surface area contributed by atoms with Gasteiger partial charge in [-0.25, -0.2) is 4.98 Å². The molecule has 6 nitrogen and oxygen atoms in total. The number of aromatic hydroxyl groups is 1. The Morgan fingerprint density at radius 1 is 1.10 bits per heavy atom. The third-order valence-electron chi connectivity index (χ3n) is 4.50. The normalized spacial score (nSPS) is 11.0. The van der Waals surface area contributed by atoms with Gasteiger partial charge in [-0.3, -0.25) is 9.36 Å². The van der Waals surface area contributed by atoms with E-state index in [0.29, 0.717) is 50.4 Å². The van der Waals surface area contributed by atoms with Gasteiger partial charge < -0.3 is 10.4 Å². The van der Waals surface area contributed by atoms with Crippen molar-refractivity contribution in [1.29, 1.82) is 0 Å². The molecule has 0 unspecified atom stereocenters. The van der Waals surface area contributed by atoms with Gasteiger partial charge in [-0.1, -0.05) is 29.3 Å². The molecule has 0 amide bonds. The Balaban J connectivity index is 1.86. The fraction of sp³-hybridized carbons (Fsp3) is 0.0952. The zero-order valence-electron chi connectivity index (χ0n) is 15.4. The van der Waals surface area contributed by atoms with Crippen LogP contribution < -0.4 is 10.9 Å². The number of nitrogens with zero attached hydrogens (tertiary/aromatic N) is 3. The number of fused-ring (bicyclic) bond motifs is 1. The van der Waals surface area contributed by atoms with Gasteiger partial charge in [0, 0.05) is 29.4 Å². The Morgan fingerprint density at radius 2 is 1.79 bits per heavy atom. The van der Waals surface area contributed by atoms with E-state index in [4.69, 9.17) is 23.2 Å². The predicted octanol–water partition coefficient (Wildman–Crippen LogP) is 5.23. The first-order valence-corrected chi connectivity index (χ1v) is 9.64. The molecule has 0 aliphatic heterocycles. The molecule has 0 aliphatic carbocycles. The molecule has 2 aromatic heterocycles. The highest BCUT2D eigenvalue weighted by atomic mass is 35.5. The molecule has 2 N–H and O–H groups in total. The summed E-state index contributed by atoms with van der Waals surface area (Å²) in [5.41, 5.74) is 1.88. The van der Waals surface area contributed by atoms with Crippen molar-refractivity contribution in [2.75, 3.05) is 5.32 Å². The average Bonchev–Trinajstić information content (AvgIpc) is 2.70. The lowest BCUT2D eigenvalue weighted by Gasteiger charge is -2.13. The molecule has 0 bridgehead atoms. The summed E-state index contributed by atoms with van der Waals surface area (Å²) in [6.45, 7) is 2.29. The van der Waals surface area contributed by atoms with E-state index in [1.165, 1.54) is 0 Å². The summed E-state index contributed by atoms with van der Waals surface area (Å²) in [7, 11) is 0. The topological polar surface area (TPSA) is 80.0 Å². The van der Waals surface area contributed by atoms with Crippen molar-refractivity contribution in [3.05, 3.63) is 75.1 Å². The smallest absolute Gasteiger partial charge is 0.260 e. The van der Waals surface area contributed by atoms with Crippen LogP contribution in [-0.2, 0) is 6.54 Å². The number of halogens is 2. The highest BCUT2D eigenvalue weighted by Crippen LogP contribution is 2.34. The minimum atomic E-state index is -0.232. The molecular formula is C21H16Cl2N4O2. The third kappa shape index (κ3) is 3.64. The van der Waals surface area contributed by atoms with Gasteiger partial charge in [0.15, 0.2) is 0 Å². The monoisotopic (exact) mass is 426 g/mol. The average molecular weight is 427 g/mol. The van der Waals surface area contributed by atoms with Crippen LogP contribution in [0.2, 0.25) is 10.0 Å². The number of anilines is 2. The lowest BCUT2D eigenvalue weighted by molar-refractivity contribution is 0.475. The lowest BCUT2D eigenvalue weighted by Crippen LogP contribution is -2.22. The Kier molecular flexibility index (Phi) is 5.13. The minimum Gasteiger partial charge on any atom is -0.508 e. The van der Waals surface area contributed by atoms with E-state index in [-0.39, 0.29) is 11.3 Å². The summed E-state index contributed by atoms with van der Waals surface area (Å²) in [6.07, 6.45) is 1.64. The second kappa shape index (κ2) is 7.73. The number of hydrogen-bond acceptors (Lipinski definition) is 5. The van der Waals surface area contributed by atoms with Gasteiger partial charge in [0.25, 0.3) is 5.56 Å². The SMILES string of the molecule is CCn1c(=O)c(-c2c(Cl)cccc2Cl)cc2cnc(Nc3ccc(O)cc3)nc21. The second-order valence-electron chi connectivity index (χ2n) is 6.35. The highest BCUT2D eigenvalue weighted by Gasteiger charge is 2.17. The molecule has 0 radical (unpaired) electrons. The maximum Gasteiger partial charge on any atom is 0.260 e. The van der Waals surface area contributed by atoms with Gasteiger partial charge in [0.2, 0.25) is 5.95 Å². The Morgan fingerprint density at radius 3 is 2.45 bits per heavy atom. The van der Waals surface area contributed by atoms with Crippen molar-refractivity contribution in [1.82, 2.24) is 14.5 Å². The summed E-state index contributed by atoms with van der Waals surface area (Å²) < 4.78 is 1.56. The van der Waals surface area contributed by atoms with Crippen molar-refractivity contribution < 1.29 is 5.11 Å². The molecule has 8 heteroatoms. The molecule has 4 rings (SSSR count). The summed E-state index contributed by atoms with van der Waals surface area (Å²) in [5, 5.41) is 14.0. The number of rotatable bonds is 4. The maximum atomic E-state index is 13.2. The fourth-order valence-electron chi connectivity index (χ4n) is 3.12. The van der Waals surface area contributed by atoms with Crippen LogP contribution in [0, 0.1) is 0 Å². The molecular weight excluding hydrogens is 411 g/mol. The molecule has 4 aromatic rings. The maximum absolute atomic E-state index is 13.2. The van der Waals surface area contributed by atoms with Crippen LogP contribution in [0.1, 0.15) is 6.92 Å². The molecule has 0 atom stereocenters. The van der Waals surface area contributed by atoms with E-state index >= 15 is 0 Å². The number of nitrogens with one attached hydrogen (secondary N) is 1. The molecule has 2 heterocycles. The fourth-order valence-corrected chi connectivity index (χ4v) is 3.72. The number of aryl methyl sites for hydroxylation is 1. The van der Waals surface area contributed by atoms with Gasteiger partial charge in [0.1, 0.15) is 11.4 Å². The van der Waals surface area contributed by atoms with Crippen LogP contribution in [0.5, 0.6) is 5.75 Å². The minimum absolute atomic E-state index is 0.167. The number of phenolic OH excluding ortho intramolecular Hbond substituents is 1. The Bertz CT molecular complexity index is 1250. The second-order valence-corrected chi connectivity index (χ2v) is 7.16. The van der Waals surface area contributed by atoms with Crippen molar-refractivity contribution in [3.63, 3.8) is 0 Å². The molecule has 146 valence electrons. The first kappa shape index (κ1) is 19.2. The molecule has 0 aliphatic rings. The van der Waals surface area contributed by atoms with Crippen LogP contribution in [0.3, 0.4) is 0 Å². The number of aromatic nitrogens is 3. The van der Waals surface area contributed by atoms with E-state index in [1.807, 2.05) is 6.92 Å². The van der Waals surface area contributed by atoms with Crippen LogP contribution in [0.4, 0.5) is 11.6 Å². The number of hydrogen-bond donors (Lipinski definition) is 2. The van der Waals surface area contributed by atoms with Crippen molar-refractivity contribution in [2.45, 2.75) is 13.5 Å². The van der Waals surface area contributed by atoms with Gasteiger partial charge in [-0.2, -0.15) is 4.98 Å². The van der Waals surface area contributed by atoms with Gasteiger partial charge in [0.05, 0.1) is 15.6 Å².